The maximum Gasteiger partial charge on any atom is 0.0664 e. The fraction of sp³-hybridized carbons (Fsp3) is 0.588. The van der Waals surface area contributed by atoms with Gasteiger partial charge in [-0.3, -0.25) is 9.80 Å². The van der Waals surface area contributed by atoms with Gasteiger partial charge in [0.25, 0.3) is 0 Å². The highest BCUT2D eigenvalue weighted by Gasteiger charge is 2.23. The highest BCUT2D eigenvalue weighted by molar-refractivity contribution is 5.47. The number of pyridine rings is 1. The number of rotatable bonds is 4. The van der Waals surface area contributed by atoms with Gasteiger partial charge in [0.15, 0.2) is 0 Å². The van der Waals surface area contributed by atoms with E-state index in [4.69, 9.17) is 0 Å². The van der Waals surface area contributed by atoms with E-state index in [0.29, 0.717) is 6.04 Å². The van der Waals surface area contributed by atoms with E-state index in [1.165, 1.54) is 30.7 Å². The second-order valence-corrected chi connectivity index (χ2v) is 6.71. The largest absolute Gasteiger partial charge is 0.298 e. The van der Waals surface area contributed by atoms with Crippen LogP contribution in [0.5, 0.6) is 0 Å². The third-order valence-corrected chi connectivity index (χ3v) is 4.32. The summed E-state index contributed by atoms with van der Waals surface area (Å²) in [5.41, 5.74) is 2.56. The summed E-state index contributed by atoms with van der Waals surface area (Å²) in [7, 11) is 0. The molecular formula is C17H26N4. The first-order valence-electron chi connectivity index (χ1n) is 8.00. The van der Waals surface area contributed by atoms with Crippen LogP contribution in [0.25, 0.3) is 5.52 Å². The van der Waals surface area contributed by atoms with Gasteiger partial charge < -0.3 is 0 Å². The van der Waals surface area contributed by atoms with E-state index in [9.17, 15) is 0 Å². The molecule has 0 N–H and O–H groups in total. The van der Waals surface area contributed by atoms with Crippen LogP contribution in [-0.4, -0.2) is 51.6 Å². The van der Waals surface area contributed by atoms with Gasteiger partial charge in [0.1, 0.15) is 0 Å². The zero-order valence-corrected chi connectivity index (χ0v) is 13.4. The van der Waals surface area contributed by atoms with Crippen LogP contribution in [-0.2, 0) is 6.54 Å². The van der Waals surface area contributed by atoms with Crippen molar-refractivity contribution in [3.8, 4) is 0 Å². The van der Waals surface area contributed by atoms with Crippen LogP contribution >= 0.6 is 0 Å². The van der Waals surface area contributed by atoms with E-state index in [-0.39, 0.29) is 0 Å². The summed E-state index contributed by atoms with van der Waals surface area (Å²) >= 11 is 0. The van der Waals surface area contributed by atoms with Crippen LogP contribution < -0.4 is 0 Å². The predicted octanol–water partition coefficient (Wildman–Crippen LogP) is 2.50. The lowest BCUT2D eigenvalue weighted by atomic mass is 10.1. The molecule has 1 saturated heterocycles. The molecule has 0 saturated carbocycles. The number of aromatic nitrogens is 2. The quantitative estimate of drug-likeness (QED) is 0.863. The minimum atomic E-state index is 0.653. The topological polar surface area (TPSA) is 23.8 Å². The van der Waals surface area contributed by atoms with E-state index in [1.54, 1.807) is 0 Å². The van der Waals surface area contributed by atoms with Crippen molar-refractivity contribution in [2.45, 2.75) is 33.4 Å². The van der Waals surface area contributed by atoms with E-state index >= 15 is 0 Å². The van der Waals surface area contributed by atoms with Crippen LogP contribution in [0.4, 0.5) is 0 Å². The fourth-order valence-corrected chi connectivity index (χ4v) is 3.28. The molecule has 2 aromatic heterocycles. The molecule has 0 amide bonds. The SMILES string of the molecule is CC(C)CN1CCN(Cc2ccn3nccc3c2)CC1C. The molecule has 0 bridgehead atoms. The van der Waals surface area contributed by atoms with E-state index in [1.807, 2.05) is 10.7 Å². The number of fused-ring (bicyclic) bond motifs is 1. The molecule has 21 heavy (non-hydrogen) atoms. The molecule has 1 aliphatic rings. The van der Waals surface area contributed by atoms with Crippen molar-refractivity contribution >= 4 is 5.52 Å². The van der Waals surface area contributed by atoms with Crippen molar-refractivity contribution < 1.29 is 0 Å². The van der Waals surface area contributed by atoms with Crippen molar-refractivity contribution in [1.82, 2.24) is 19.4 Å². The summed E-state index contributed by atoms with van der Waals surface area (Å²) in [6.07, 6.45) is 3.91. The molecule has 3 heterocycles. The second-order valence-electron chi connectivity index (χ2n) is 6.71. The van der Waals surface area contributed by atoms with Crippen LogP contribution in [0.2, 0.25) is 0 Å². The Hall–Kier alpha value is -1.39. The van der Waals surface area contributed by atoms with Crippen LogP contribution in [0.3, 0.4) is 0 Å². The summed E-state index contributed by atoms with van der Waals surface area (Å²) in [4.78, 5) is 5.20. The Labute approximate surface area is 127 Å². The Bertz CT molecular complexity index is 589. The van der Waals surface area contributed by atoms with Gasteiger partial charge >= 0.3 is 0 Å². The maximum atomic E-state index is 4.25. The van der Waals surface area contributed by atoms with Gasteiger partial charge in [-0.25, -0.2) is 4.52 Å². The molecule has 114 valence electrons. The van der Waals surface area contributed by atoms with E-state index in [0.717, 1.165) is 19.0 Å². The first-order valence-corrected chi connectivity index (χ1v) is 8.00. The summed E-state index contributed by atoms with van der Waals surface area (Å²) in [5.74, 6) is 0.753. The Morgan fingerprint density at radius 3 is 2.90 bits per heavy atom. The number of hydrogen-bond acceptors (Lipinski definition) is 3. The van der Waals surface area contributed by atoms with Gasteiger partial charge in [-0.05, 0) is 36.6 Å². The lowest BCUT2D eigenvalue weighted by Gasteiger charge is -2.40. The molecule has 4 heteroatoms. The smallest absolute Gasteiger partial charge is 0.0664 e. The fourth-order valence-electron chi connectivity index (χ4n) is 3.28. The Kier molecular flexibility index (Phi) is 4.27. The van der Waals surface area contributed by atoms with Crippen molar-refractivity contribution in [1.29, 1.82) is 0 Å². The van der Waals surface area contributed by atoms with Crippen LogP contribution in [0.15, 0.2) is 30.6 Å². The van der Waals surface area contributed by atoms with Gasteiger partial charge in [-0.1, -0.05) is 13.8 Å². The second kappa shape index (κ2) is 6.16. The molecule has 1 atom stereocenters. The number of hydrogen-bond donors (Lipinski definition) is 0. The highest BCUT2D eigenvalue weighted by Crippen LogP contribution is 2.15. The number of piperazine rings is 1. The molecule has 0 aromatic carbocycles. The van der Waals surface area contributed by atoms with Gasteiger partial charge in [-0.15, -0.1) is 0 Å². The van der Waals surface area contributed by atoms with Crippen LogP contribution in [0.1, 0.15) is 26.3 Å². The Morgan fingerprint density at radius 2 is 2.14 bits per heavy atom. The molecular weight excluding hydrogens is 260 g/mol. The molecule has 1 fully saturated rings. The lowest BCUT2D eigenvalue weighted by Crippen LogP contribution is -2.52. The Morgan fingerprint density at radius 1 is 1.29 bits per heavy atom. The summed E-state index contributed by atoms with van der Waals surface area (Å²) < 4.78 is 1.92. The monoisotopic (exact) mass is 286 g/mol. The average molecular weight is 286 g/mol. The summed E-state index contributed by atoms with van der Waals surface area (Å²) in [6.45, 7) is 12.7. The van der Waals surface area contributed by atoms with Crippen molar-refractivity contribution in [2.75, 3.05) is 26.2 Å². The van der Waals surface area contributed by atoms with Crippen molar-refractivity contribution in [2.24, 2.45) is 5.92 Å². The molecule has 4 nitrogen and oxygen atoms in total. The van der Waals surface area contributed by atoms with Gasteiger partial charge in [0.2, 0.25) is 0 Å². The highest BCUT2D eigenvalue weighted by atomic mass is 15.3. The zero-order chi connectivity index (χ0) is 14.8. The third kappa shape index (κ3) is 3.44. The normalized spacial score (nSPS) is 21.4. The third-order valence-electron chi connectivity index (χ3n) is 4.32. The summed E-state index contributed by atoms with van der Waals surface area (Å²) in [5, 5.41) is 4.25. The van der Waals surface area contributed by atoms with Gasteiger partial charge in [0, 0.05) is 51.2 Å². The number of nitrogens with zero attached hydrogens (tertiary/aromatic N) is 4. The standard InChI is InChI=1S/C17H26N4/c1-14(2)11-20-9-8-19(12-15(20)3)13-16-5-7-21-17(10-16)4-6-18-21/h4-7,10,14-15H,8-9,11-13H2,1-3H3. The first-order chi connectivity index (χ1) is 10.1. The molecule has 1 aliphatic heterocycles. The molecule has 1 unspecified atom stereocenters. The van der Waals surface area contributed by atoms with Crippen molar-refractivity contribution in [3.63, 3.8) is 0 Å². The van der Waals surface area contributed by atoms with E-state index in [2.05, 4.69) is 60.1 Å². The van der Waals surface area contributed by atoms with E-state index < -0.39 is 0 Å². The zero-order valence-electron chi connectivity index (χ0n) is 13.4. The van der Waals surface area contributed by atoms with Crippen molar-refractivity contribution in [3.05, 3.63) is 36.2 Å². The predicted molar refractivity (Wildman–Crippen MR) is 86.3 cm³/mol. The minimum Gasteiger partial charge on any atom is -0.298 e. The minimum absolute atomic E-state index is 0.653. The molecule has 0 radical (unpaired) electrons. The van der Waals surface area contributed by atoms with Crippen LogP contribution in [0, 0.1) is 5.92 Å². The molecule has 3 rings (SSSR count). The Balaban J connectivity index is 1.61. The average Bonchev–Trinajstić information content (AvgIpc) is 2.89. The van der Waals surface area contributed by atoms with Gasteiger partial charge in [0.05, 0.1) is 5.52 Å². The molecule has 0 aliphatic carbocycles. The lowest BCUT2D eigenvalue weighted by molar-refractivity contribution is 0.0702. The molecule has 0 spiro atoms. The molecule has 2 aromatic rings. The summed E-state index contributed by atoms with van der Waals surface area (Å²) in [6, 6.07) is 7.15. The first kappa shape index (κ1) is 14.5. The maximum absolute atomic E-state index is 4.25. The van der Waals surface area contributed by atoms with Gasteiger partial charge in [-0.2, -0.15) is 5.10 Å².